The van der Waals surface area contributed by atoms with Gasteiger partial charge in [-0.25, -0.2) is 0 Å². The molecule has 0 bridgehead atoms. The molecule has 18 heavy (non-hydrogen) atoms. The van der Waals surface area contributed by atoms with Gasteiger partial charge in [0.25, 0.3) is 0 Å². The molecule has 0 saturated heterocycles. The van der Waals surface area contributed by atoms with E-state index in [2.05, 4.69) is 5.16 Å². The summed E-state index contributed by atoms with van der Waals surface area (Å²) >= 11 is 0. The fraction of sp³-hybridized carbons (Fsp3) is 0.909. The van der Waals surface area contributed by atoms with Crippen molar-refractivity contribution in [1.29, 1.82) is 0 Å². The zero-order valence-corrected chi connectivity index (χ0v) is 11.1. The van der Waals surface area contributed by atoms with Crippen LogP contribution in [0, 0.1) is 0 Å². The maximum Gasteiger partial charge on any atom is 0.168 e. The lowest BCUT2D eigenvalue weighted by atomic mass is 10.2. The third-order valence-corrected chi connectivity index (χ3v) is 2.17. The van der Waals surface area contributed by atoms with Crippen molar-refractivity contribution in [3.8, 4) is 0 Å². The number of amidine groups is 1. The second-order valence-corrected chi connectivity index (χ2v) is 3.51. The highest BCUT2D eigenvalue weighted by molar-refractivity contribution is 5.84. The molecule has 0 aliphatic carbocycles. The van der Waals surface area contributed by atoms with Gasteiger partial charge in [0, 0.05) is 7.11 Å². The van der Waals surface area contributed by atoms with E-state index in [0.717, 1.165) is 0 Å². The van der Waals surface area contributed by atoms with Gasteiger partial charge in [-0.3, -0.25) is 0 Å². The van der Waals surface area contributed by atoms with E-state index in [9.17, 15) is 0 Å². The van der Waals surface area contributed by atoms with E-state index in [1.807, 2.05) is 6.92 Å². The fourth-order valence-electron chi connectivity index (χ4n) is 1.19. The standard InChI is InChI=1S/C11H24N2O5/c1-3-10(11(12)13-14)18-9-8-17-7-6-16-5-4-15-2/h10,14H,3-9H2,1-2H3,(H2,12,13). The van der Waals surface area contributed by atoms with Crippen LogP contribution in [0.2, 0.25) is 0 Å². The van der Waals surface area contributed by atoms with Gasteiger partial charge in [-0.05, 0) is 6.42 Å². The highest BCUT2D eigenvalue weighted by atomic mass is 16.6. The Bertz CT molecular complexity index is 214. The summed E-state index contributed by atoms with van der Waals surface area (Å²) in [6.07, 6.45) is 0.285. The lowest BCUT2D eigenvalue weighted by Gasteiger charge is -2.14. The van der Waals surface area contributed by atoms with E-state index in [0.29, 0.717) is 46.1 Å². The van der Waals surface area contributed by atoms with Crippen LogP contribution >= 0.6 is 0 Å². The molecule has 7 nitrogen and oxygen atoms in total. The lowest BCUT2D eigenvalue weighted by molar-refractivity contribution is -0.00431. The van der Waals surface area contributed by atoms with Gasteiger partial charge in [0.15, 0.2) is 5.84 Å². The van der Waals surface area contributed by atoms with Crippen LogP contribution in [0.25, 0.3) is 0 Å². The van der Waals surface area contributed by atoms with Crippen molar-refractivity contribution >= 4 is 5.84 Å². The Morgan fingerprint density at radius 2 is 1.67 bits per heavy atom. The predicted molar refractivity (Wildman–Crippen MR) is 67.0 cm³/mol. The largest absolute Gasteiger partial charge is 0.409 e. The van der Waals surface area contributed by atoms with Crippen molar-refractivity contribution in [2.45, 2.75) is 19.4 Å². The van der Waals surface area contributed by atoms with Crippen LogP contribution < -0.4 is 5.73 Å². The van der Waals surface area contributed by atoms with Gasteiger partial charge in [0.1, 0.15) is 6.10 Å². The Morgan fingerprint density at radius 3 is 2.17 bits per heavy atom. The van der Waals surface area contributed by atoms with E-state index < -0.39 is 0 Å². The van der Waals surface area contributed by atoms with Crippen LogP contribution in [0.3, 0.4) is 0 Å². The molecular weight excluding hydrogens is 240 g/mol. The Hall–Kier alpha value is -0.890. The second-order valence-electron chi connectivity index (χ2n) is 3.51. The Morgan fingerprint density at radius 1 is 1.11 bits per heavy atom. The first kappa shape index (κ1) is 17.1. The second kappa shape index (κ2) is 12.6. The summed E-state index contributed by atoms with van der Waals surface area (Å²) in [5.74, 6) is 0.0837. The van der Waals surface area contributed by atoms with Gasteiger partial charge in [-0.1, -0.05) is 12.1 Å². The summed E-state index contributed by atoms with van der Waals surface area (Å²) in [6, 6.07) is 0. The smallest absolute Gasteiger partial charge is 0.168 e. The molecule has 108 valence electrons. The van der Waals surface area contributed by atoms with Crippen LogP contribution in [0.15, 0.2) is 5.16 Å². The van der Waals surface area contributed by atoms with Gasteiger partial charge in [-0.15, -0.1) is 0 Å². The summed E-state index contributed by atoms with van der Waals surface area (Å²) in [5.41, 5.74) is 5.44. The highest BCUT2D eigenvalue weighted by Gasteiger charge is 2.11. The van der Waals surface area contributed by atoms with Crippen molar-refractivity contribution in [1.82, 2.24) is 0 Å². The topological polar surface area (TPSA) is 95.5 Å². The Labute approximate surface area is 108 Å². The molecular formula is C11H24N2O5. The van der Waals surface area contributed by atoms with Gasteiger partial charge < -0.3 is 29.9 Å². The number of nitrogens with zero attached hydrogens (tertiary/aromatic N) is 1. The predicted octanol–water partition coefficient (Wildman–Crippen LogP) is 0.208. The molecule has 0 amide bonds. The van der Waals surface area contributed by atoms with Crippen LogP contribution in [-0.4, -0.2) is 63.9 Å². The highest BCUT2D eigenvalue weighted by Crippen LogP contribution is 1.97. The van der Waals surface area contributed by atoms with Crippen LogP contribution in [-0.2, 0) is 18.9 Å². The molecule has 7 heteroatoms. The van der Waals surface area contributed by atoms with Crippen molar-refractivity contribution in [2.24, 2.45) is 10.9 Å². The van der Waals surface area contributed by atoms with Crippen LogP contribution in [0.1, 0.15) is 13.3 Å². The van der Waals surface area contributed by atoms with Crippen molar-refractivity contribution in [2.75, 3.05) is 46.8 Å². The molecule has 0 aliphatic heterocycles. The molecule has 3 N–H and O–H groups in total. The van der Waals surface area contributed by atoms with Crippen LogP contribution in [0.5, 0.6) is 0 Å². The third-order valence-electron chi connectivity index (χ3n) is 2.17. The summed E-state index contributed by atoms with van der Waals surface area (Å²) in [5, 5.41) is 11.4. The molecule has 0 saturated carbocycles. The lowest BCUT2D eigenvalue weighted by Crippen LogP contribution is -2.32. The van der Waals surface area contributed by atoms with E-state index in [4.69, 9.17) is 29.9 Å². The number of hydrogen-bond donors (Lipinski definition) is 2. The molecule has 0 aromatic carbocycles. The zero-order valence-electron chi connectivity index (χ0n) is 11.1. The normalized spacial score (nSPS) is 13.8. The Kier molecular flexibility index (Phi) is 11.9. The SMILES string of the molecule is CCC(OCCOCCOCCOC)C(N)=NO. The number of hydrogen-bond acceptors (Lipinski definition) is 6. The molecule has 0 aromatic rings. The number of oxime groups is 1. The molecule has 1 atom stereocenters. The molecule has 0 spiro atoms. The van der Waals surface area contributed by atoms with Gasteiger partial charge in [0.2, 0.25) is 0 Å². The summed E-state index contributed by atoms with van der Waals surface area (Å²) in [6.45, 7) is 4.93. The van der Waals surface area contributed by atoms with E-state index in [1.165, 1.54) is 0 Å². The van der Waals surface area contributed by atoms with E-state index in [-0.39, 0.29) is 11.9 Å². The van der Waals surface area contributed by atoms with Crippen molar-refractivity contribution in [3.63, 3.8) is 0 Å². The first-order chi connectivity index (χ1) is 8.76. The average molecular weight is 264 g/mol. The van der Waals surface area contributed by atoms with Crippen molar-refractivity contribution < 1.29 is 24.2 Å². The molecule has 0 heterocycles. The molecule has 0 fully saturated rings. The third kappa shape index (κ3) is 9.17. The number of ether oxygens (including phenoxy) is 4. The number of nitrogens with two attached hydrogens (primary N) is 1. The molecule has 1 unspecified atom stereocenters. The van der Waals surface area contributed by atoms with Crippen LogP contribution in [0.4, 0.5) is 0 Å². The summed E-state index contributed by atoms with van der Waals surface area (Å²) < 4.78 is 20.7. The maximum absolute atomic E-state index is 8.50. The minimum atomic E-state index is -0.364. The van der Waals surface area contributed by atoms with Gasteiger partial charge in [0.05, 0.1) is 39.6 Å². The van der Waals surface area contributed by atoms with Crippen molar-refractivity contribution in [3.05, 3.63) is 0 Å². The van der Waals surface area contributed by atoms with Gasteiger partial charge in [-0.2, -0.15) is 0 Å². The maximum atomic E-state index is 8.50. The first-order valence-corrected chi connectivity index (χ1v) is 5.99. The summed E-state index contributed by atoms with van der Waals surface area (Å²) in [4.78, 5) is 0. The summed E-state index contributed by atoms with van der Waals surface area (Å²) in [7, 11) is 1.63. The fourth-order valence-corrected chi connectivity index (χ4v) is 1.19. The monoisotopic (exact) mass is 264 g/mol. The zero-order chi connectivity index (χ0) is 13.6. The molecule has 0 aliphatic rings. The minimum Gasteiger partial charge on any atom is -0.409 e. The molecule has 0 radical (unpaired) electrons. The number of methoxy groups -OCH3 is 1. The first-order valence-electron chi connectivity index (χ1n) is 5.99. The quantitative estimate of drug-likeness (QED) is 0.172. The average Bonchev–Trinajstić information content (AvgIpc) is 2.40. The Balaban J connectivity index is 3.33. The van der Waals surface area contributed by atoms with E-state index >= 15 is 0 Å². The molecule has 0 aromatic heterocycles. The van der Waals surface area contributed by atoms with E-state index in [1.54, 1.807) is 7.11 Å². The number of rotatable bonds is 12. The molecule has 0 rings (SSSR count). The van der Waals surface area contributed by atoms with Gasteiger partial charge >= 0.3 is 0 Å². The minimum absolute atomic E-state index is 0.0837.